The fourth-order valence-corrected chi connectivity index (χ4v) is 1.56. The van der Waals surface area contributed by atoms with Gasteiger partial charge in [0.25, 0.3) is 0 Å². The van der Waals surface area contributed by atoms with E-state index in [1.165, 1.54) is 25.7 Å². The SMILES string of the molecule is CC=CCC(CC)CC(=CC)CC. The smallest absolute Gasteiger partial charge is 0.0289 e. The van der Waals surface area contributed by atoms with Gasteiger partial charge in [-0.25, -0.2) is 0 Å². The molecule has 0 saturated heterocycles. The van der Waals surface area contributed by atoms with E-state index >= 15 is 0 Å². The highest BCUT2D eigenvalue weighted by atomic mass is 14.1. The summed E-state index contributed by atoms with van der Waals surface area (Å²) in [7, 11) is 0. The molecule has 0 bridgehead atoms. The predicted octanol–water partition coefficient (Wildman–Crippen LogP) is 4.73. The zero-order chi connectivity index (χ0) is 10.1. The van der Waals surface area contributed by atoms with Crippen molar-refractivity contribution in [3.05, 3.63) is 23.8 Å². The number of hydrogen-bond donors (Lipinski definition) is 0. The minimum Gasteiger partial charge on any atom is -0.0917 e. The van der Waals surface area contributed by atoms with Crippen molar-refractivity contribution < 1.29 is 0 Å². The first-order valence-corrected chi connectivity index (χ1v) is 5.53. The van der Waals surface area contributed by atoms with E-state index in [9.17, 15) is 0 Å². The first-order chi connectivity index (χ1) is 6.28. The van der Waals surface area contributed by atoms with Crippen LogP contribution < -0.4 is 0 Å². The molecule has 0 radical (unpaired) electrons. The number of allylic oxidation sites excluding steroid dienone is 4. The highest BCUT2D eigenvalue weighted by Crippen LogP contribution is 2.21. The molecule has 76 valence electrons. The van der Waals surface area contributed by atoms with E-state index in [0.717, 1.165) is 5.92 Å². The first-order valence-electron chi connectivity index (χ1n) is 5.53. The lowest BCUT2D eigenvalue weighted by Gasteiger charge is -2.13. The van der Waals surface area contributed by atoms with Crippen LogP contribution in [0.15, 0.2) is 23.8 Å². The van der Waals surface area contributed by atoms with E-state index in [-0.39, 0.29) is 0 Å². The third-order valence-electron chi connectivity index (χ3n) is 2.70. The maximum absolute atomic E-state index is 2.29. The van der Waals surface area contributed by atoms with Crippen molar-refractivity contribution in [3.8, 4) is 0 Å². The average Bonchev–Trinajstić information content (AvgIpc) is 2.19. The van der Waals surface area contributed by atoms with Gasteiger partial charge >= 0.3 is 0 Å². The summed E-state index contributed by atoms with van der Waals surface area (Å²) in [5, 5.41) is 0. The highest BCUT2D eigenvalue weighted by molar-refractivity contribution is 5.01. The van der Waals surface area contributed by atoms with Gasteiger partial charge in [0.1, 0.15) is 0 Å². The molecule has 0 amide bonds. The fourth-order valence-electron chi connectivity index (χ4n) is 1.56. The fraction of sp³-hybridized carbons (Fsp3) is 0.692. The van der Waals surface area contributed by atoms with Gasteiger partial charge in [-0.15, -0.1) is 0 Å². The Labute approximate surface area is 83.7 Å². The van der Waals surface area contributed by atoms with E-state index in [2.05, 4.69) is 45.9 Å². The molecule has 0 aromatic carbocycles. The summed E-state index contributed by atoms with van der Waals surface area (Å²) < 4.78 is 0. The molecule has 0 N–H and O–H groups in total. The van der Waals surface area contributed by atoms with Gasteiger partial charge in [0.15, 0.2) is 0 Å². The first kappa shape index (κ1) is 12.5. The van der Waals surface area contributed by atoms with Crippen molar-refractivity contribution in [2.24, 2.45) is 5.92 Å². The van der Waals surface area contributed by atoms with Crippen molar-refractivity contribution in [2.45, 2.75) is 53.4 Å². The van der Waals surface area contributed by atoms with Crippen molar-refractivity contribution in [1.29, 1.82) is 0 Å². The van der Waals surface area contributed by atoms with Crippen LogP contribution in [0.1, 0.15) is 53.4 Å². The van der Waals surface area contributed by atoms with E-state index in [1.807, 2.05) is 0 Å². The quantitative estimate of drug-likeness (QED) is 0.519. The normalized spacial score (nSPS) is 15.2. The van der Waals surface area contributed by atoms with Gasteiger partial charge in [0, 0.05) is 0 Å². The Morgan fingerprint density at radius 2 is 1.92 bits per heavy atom. The molecular weight excluding hydrogens is 156 g/mol. The van der Waals surface area contributed by atoms with Crippen molar-refractivity contribution >= 4 is 0 Å². The molecule has 13 heavy (non-hydrogen) atoms. The maximum Gasteiger partial charge on any atom is -0.0289 e. The molecule has 0 aromatic rings. The second-order valence-electron chi connectivity index (χ2n) is 3.58. The van der Waals surface area contributed by atoms with Gasteiger partial charge in [0.2, 0.25) is 0 Å². The Balaban J connectivity index is 3.95. The summed E-state index contributed by atoms with van der Waals surface area (Å²) in [6.45, 7) is 8.79. The molecule has 1 unspecified atom stereocenters. The van der Waals surface area contributed by atoms with Crippen molar-refractivity contribution in [1.82, 2.24) is 0 Å². The molecule has 0 aliphatic heterocycles. The summed E-state index contributed by atoms with van der Waals surface area (Å²) in [5.74, 6) is 0.849. The molecule has 0 nitrogen and oxygen atoms in total. The molecule has 0 heterocycles. The second kappa shape index (κ2) is 8.10. The van der Waals surface area contributed by atoms with Gasteiger partial charge < -0.3 is 0 Å². The molecular formula is C13H24. The van der Waals surface area contributed by atoms with Gasteiger partial charge in [-0.3, -0.25) is 0 Å². The van der Waals surface area contributed by atoms with Crippen LogP contribution in [0.4, 0.5) is 0 Å². The molecule has 0 spiro atoms. The molecule has 0 rings (SSSR count). The lowest BCUT2D eigenvalue weighted by Crippen LogP contribution is -1.99. The molecule has 0 aromatic heterocycles. The lowest BCUT2D eigenvalue weighted by molar-refractivity contribution is 0.505. The van der Waals surface area contributed by atoms with Gasteiger partial charge in [-0.2, -0.15) is 0 Å². The Kier molecular flexibility index (Phi) is 7.77. The van der Waals surface area contributed by atoms with Crippen LogP contribution in [0.3, 0.4) is 0 Å². The Bertz CT molecular complexity index is 163. The van der Waals surface area contributed by atoms with Gasteiger partial charge in [-0.05, 0) is 39.0 Å². The van der Waals surface area contributed by atoms with Crippen molar-refractivity contribution in [2.75, 3.05) is 0 Å². The second-order valence-corrected chi connectivity index (χ2v) is 3.58. The maximum atomic E-state index is 2.29. The van der Waals surface area contributed by atoms with Gasteiger partial charge in [0.05, 0.1) is 0 Å². The summed E-state index contributed by atoms with van der Waals surface area (Å²) in [6.07, 6.45) is 11.8. The van der Waals surface area contributed by atoms with Crippen LogP contribution in [0.2, 0.25) is 0 Å². The van der Waals surface area contributed by atoms with E-state index in [0.29, 0.717) is 0 Å². The van der Waals surface area contributed by atoms with E-state index in [1.54, 1.807) is 5.57 Å². The van der Waals surface area contributed by atoms with Crippen LogP contribution in [0.5, 0.6) is 0 Å². The largest absolute Gasteiger partial charge is 0.0917 e. The molecule has 0 saturated carbocycles. The Morgan fingerprint density at radius 1 is 1.23 bits per heavy atom. The van der Waals surface area contributed by atoms with Gasteiger partial charge in [-0.1, -0.05) is 44.1 Å². The third kappa shape index (κ3) is 5.68. The zero-order valence-corrected chi connectivity index (χ0v) is 9.64. The summed E-state index contributed by atoms with van der Waals surface area (Å²) >= 11 is 0. The van der Waals surface area contributed by atoms with Crippen LogP contribution in [0, 0.1) is 5.92 Å². The van der Waals surface area contributed by atoms with E-state index < -0.39 is 0 Å². The third-order valence-corrected chi connectivity index (χ3v) is 2.70. The Morgan fingerprint density at radius 3 is 2.31 bits per heavy atom. The molecule has 1 atom stereocenters. The van der Waals surface area contributed by atoms with Crippen LogP contribution >= 0.6 is 0 Å². The molecule has 0 heteroatoms. The van der Waals surface area contributed by atoms with Crippen LogP contribution in [-0.4, -0.2) is 0 Å². The summed E-state index contributed by atoms with van der Waals surface area (Å²) in [6, 6.07) is 0. The minimum absolute atomic E-state index is 0.849. The topological polar surface area (TPSA) is 0 Å². The summed E-state index contributed by atoms with van der Waals surface area (Å²) in [5.41, 5.74) is 1.61. The van der Waals surface area contributed by atoms with Crippen LogP contribution in [0.25, 0.3) is 0 Å². The zero-order valence-electron chi connectivity index (χ0n) is 9.64. The van der Waals surface area contributed by atoms with E-state index in [4.69, 9.17) is 0 Å². The predicted molar refractivity (Wildman–Crippen MR) is 61.9 cm³/mol. The van der Waals surface area contributed by atoms with Crippen molar-refractivity contribution in [3.63, 3.8) is 0 Å². The monoisotopic (exact) mass is 180 g/mol. The molecule has 0 fully saturated rings. The number of hydrogen-bond acceptors (Lipinski definition) is 0. The lowest BCUT2D eigenvalue weighted by atomic mass is 9.92. The highest BCUT2D eigenvalue weighted by Gasteiger charge is 2.05. The standard InChI is InChI=1S/C13H24/c1-5-9-10-13(8-4)11-12(6-2)7-3/h5-6,9,13H,7-8,10-11H2,1-4H3. The molecule has 0 aliphatic carbocycles. The summed E-state index contributed by atoms with van der Waals surface area (Å²) in [4.78, 5) is 0. The number of rotatable bonds is 6. The molecule has 0 aliphatic rings. The average molecular weight is 180 g/mol. The Hall–Kier alpha value is -0.520. The minimum atomic E-state index is 0.849. The van der Waals surface area contributed by atoms with Crippen LogP contribution in [-0.2, 0) is 0 Å².